The Balaban J connectivity index is 2.31. The van der Waals surface area contributed by atoms with Crippen molar-refractivity contribution in [2.45, 2.75) is 31.5 Å². The SMILES string of the molecule is CN(CCC#N)C(=O)CCN1C[C@@H](F)C[C@H]1CO. The van der Waals surface area contributed by atoms with Crippen molar-refractivity contribution in [3.05, 3.63) is 0 Å². The first-order valence-electron chi connectivity index (χ1n) is 6.18. The van der Waals surface area contributed by atoms with Gasteiger partial charge in [0.2, 0.25) is 5.91 Å². The fourth-order valence-electron chi connectivity index (χ4n) is 2.16. The van der Waals surface area contributed by atoms with E-state index in [1.807, 2.05) is 11.0 Å². The predicted molar refractivity (Wildman–Crippen MR) is 64.4 cm³/mol. The maximum Gasteiger partial charge on any atom is 0.223 e. The van der Waals surface area contributed by atoms with Crippen molar-refractivity contribution >= 4 is 5.91 Å². The standard InChI is InChI=1S/C12H20FN3O2/c1-15(5-2-4-14)12(18)3-6-16-8-10(13)7-11(16)9-17/h10-11,17H,2-3,5-9H2,1H3/t10-,11-/m0/s1. The van der Waals surface area contributed by atoms with Crippen LogP contribution >= 0.6 is 0 Å². The van der Waals surface area contributed by atoms with Crippen molar-refractivity contribution in [1.82, 2.24) is 9.80 Å². The lowest BCUT2D eigenvalue weighted by atomic mass is 10.2. The zero-order valence-electron chi connectivity index (χ0n) is 10.7. The summed E-state index contributed by atoms with van der Waals surface area (Å²) in [5.41, 5.74) is 0. The highest BCUT2D eigenvalue weighted by Gasteiger charge is 2.31. The zero-order valence-corrected chi connectivity index (χ0v) is 10.7. The average molecular weight is 257 g/mol. The summed E-state index contributed by atoms with van der Waals surface area (Å²) in [4.78, 5) is 15.0. The molecule has 1 aliphatic heterocycles. The molecule has 1 aliphatic rings. The number of alkyl halides is 1. The minimum absolute atomic E-state index is 0.0516. The van der Waals surface area contributed by atoms with Crippen LogP contribution < -0.4 is 0 Å². The number of rotatable bonds is 6. The van der Waals surface area contributed by atoms with Crippen molar-refractivity contribution in [2.24, 2.45) is 0 Å². The van der Waals surface area contributed by atoms with Crippen LogP contribution in [0.5, 0.6) is 0 Å². The summed E-state index contributed by atoms with van der Waals surface area (Å²) in [6, 6.07) is 1.82. The largest absolute Gasteiger partial charge is 0.395 e. The highest BCUT2D eigenvalue weighted by molar-refractivity contribution is 5.76. The Labute approximate surface area is 107 Å². The van der Waals surface area contributed by atoms with Gasteiger partial charge in [0, 0.05) is 39.1 Å². The molecule has 102 valence electrons. The van der Waals surface area contributed by atoms with Crippen molar-refractivity contribution in [2.75, 3.05) is 33.3 Å². The molecule has 1 N–H and O–H groups in total. The van der Waals surface area contributed by atoms with Gasteiger partial charge in [-0.25, -0.2) is 4.39 Å². The first-order chi connectivity index (χ1) is 8.58. The van der Waals surface area contributed by atoms with Crippen molar-refractivity contribution in [1.29, 1.82) is 5.26 Å². The second-order valence-corrected chi connectivity index (χ2v) is 4.64. The van der Waals surface area contributed by atoms with E-state index >= 15 is 0 Å². The Morgan fingerprint density at radius 2 is 2.39 bits per heavy atom. The summed E-state index contributed by atoms with van der Waals surface area (Å²) in [5, 5.41) is 17.5. The quantitative estimate of drug-likeness (QED) is 0.735. The molecule has 0 spiro atoms. The van der Waals surface area contributed by atoms with Gasteiger partial charge in [0.15, 0.2) is 0 Å². The van der Waals surface area contributed by atoms with Gasteiger partial charge in [-0.1, -0.05) is 0 Å². The second kappa shape index (κ2) is 7.29. The molecule has 18 heavy (non-hydrogen) atoms. The molecule has 0 aromatic rings. The number of carbonyl (C=O) groups excluding carboxylic acids is 1. The van der Waals surface area contributed by atoms with Crippen LogP contribution in [0.3, 0.4) is 0 Å². The van der Waals surface area contributed by atoms with Gasteiger partial charge >= 0.3 is 0 Å². The number of halogens is 1. The molecule has 1 fully saturated rings. The molecule has 0 aromatic heterocycles. The monoisotopic (exact) mass is 257 g/mol. The highest BCUT2D eigenvalue weighted by atomic mass is 19.1. The Morgan fingerprint density at radius 3 is 3.00 bits per heavy atom. The maximum atomic E-state index is 13.2. The van der Waals surface area contributed by atoms with Crippen LogP contribution in [0.1, 0.15) is 19.3 Å². The van der Waals surface area contributed by atoms with Crippen molar-refractivity contribution < 1.29 is 14.3 Å². The molecule has 5 nitrogen and oxygen atoms in total. The molecular formula is C12H20FN3O2. The maximum absolute atomic E-state index is 13.2. The van der Waals surface area contributed by atoms with E-state index in [1.165, 1.54) is 4.90 Å². The van der Waals surface area contributed by atoms with Gasteiger partial charge in [-0.3, -0.25) is 9.69 Å². The molecule has 0 unspecified atom stereocenters. The molecule has 1 rings (SSSR count). The van der Waals surface area contributed by atoms with Crippen LogP contribution in [0.2, 0.25) is 0 Å². The lowest BCUT2D eigenvalue weighted by Gasteiger charge is -2.23. The van der Waals surface area contributed by atoms with Gasteiger partial charge in [-0.05, 0) is 6.42 Å². The van der Waals surface area contributed by atoms with E-state index in [4.69, 9.17) is 10.4 Å². The number of carbonyl (C=O) groups is 1. The number of aliphatic hydroxyl groups is 1. The molecule has 0 aromatic carbocycles. The highest BCUT2D eigenvalue weighted by Crippen LogP contribution is 2.20. The summed E-state index contributed by atoms with van der Waals surface area (Å²) >= 11 is 0. The van der Waals surface area contributed by atoms with Crippen LogP contribution in [-0.2, 0) is 4.79 Å². The zero-order chi connectivity index (χ0) is 13.5. The summed E-state index contributed by atoms with van der Waals surface area (Å²) in [6.07, 6.45) is 0.0475. The molecule has 2 atom stereocenters. The summed E-state index contributed by atoms with van der Waals surface area (Å²) in [5.74, 6) is -0.0516. The third kappa shape index (κ3) is 4.24. The van der Waals surface area contributed by atoms with Crippen LogP contribution in [0.4, 0.5) is 4.39 Å². The summed E-state index contributed by atoms with van der Waals surface area (Å²) in [7, 11) is 1.66. The van der Waals surface area contributed by atoms with E-state index in [0.717, 1.165) is 0 Å². The third-order valence-corrected chi connectivity index (χ3v) is 3.29. The first kappa shape index (κ1) is 14.9. The van der Waals surface area contributed by atoms with Crippen LogP contribution in [-0.4, -0.2) is 66.3 Å². The van der Waals surface area contributed by atoms with E-state index in [-0.39, 0.29) is 18.6 Å². The number of nitrogens with zero attached hydrogens (tertiary/aromatic N) is 3. The molecular weight excluding hydrogens is 237 g/mol. The molecule has 0 radical (unpaired) electrons. The Bertz CT molecular complexity index is 319. The third-order valence-electron chi connectivity index (χ3n) is 3.29. The van der Waals surface area contributed by atoms with Crippen molar-refractivity contribution in [3.63, 3.8) is 0 Å². The lowest BCUT2D eigenvalue weighted by Crippen LogP contribution is -2.36. The predicted octanol–water partition coefficient (Wildman–Crippen LogP) is 0.153. The van der Waals surface area contributed by atoms with Gasteiger partial charge in [-0.2, -0.15) is 5.26 Å². The number of aliphatic hydroxyl groups excluding tert-OH is 1. The van der Waals surface area contributed by atoms with E-state index in [1.54, 1.807) is 7.05 Å². The number of hydrogen-bond acceptors (Lipinski definition) is 4. The molecule has 0 saturated carbocycles. The topological polar surface area (TPSA) is 67.6 Å². The lowest BCUT2D eigenvalue weighted by molar-refractivity contribution is -0.130. The molecule has 0 bridgehead atoms. The van der Waals surface area contributed by atoms with E-state index in [9.17, 15) is 9.18 Å². The Morgan fingerprint density at radius 1 is 1.67 bits per heavy atom. The fourth-order valence-corrected chi connectivity index (χ4v) is 2.16. The first-order valence-corrected chi connectivity index (χ1v) is 6.18. The number of nitriles is 1. The Kier molecular flexibility index (Phi) is 6.02. The normalized spacial score (nSPS) is 23.9. The van der Waals surface area contributed by atoms with Crippen LogP contribution in [0, 0.1) is 11.3 Å². The van der Waals surface area contributed by atoms with Crippen LogP contribution in [0.15, 0.2) is 0 Å². The van der Waals surface area contributed by atoms with Gasteiger partial charge in [0.05, 0.1) is 19.1 Å². The van der Waals surface area contributed by atoms with Gasteiger partial charge < -0.3 is 10.0 Å². The van der Waals surface area contributed by atoms with Crippen molar-refractivity contribution in [3.8, 4) is 6.07 Å². The Hall–Kier alpha value is -1.19. The molecule has 6 heteroatoms. The molecule has 1 heterocycles. The molecule has 1 amide bonds. The number of amides is 1. The minimum Gasteiger partial charge on any atom is -0.395 e. The summed E-state index contributed by atoms with van der Waals surface area (Å²) in [6.45, 7) is 1.10. The summed E-state index contributed by atoms with van der Waals surface area (Å²) < 4.78 is 13.2. The van der Waals surface area contributed by atoms with Gasteiger partial charge in [0.1, 0.15) is 6.17 Å². The van der Waals surface area contributed by atoms with E-state index < -0.39 is 6.17 Å². The van der Waals surface area contributed by atoms with E-state index in [2.05, 4.69) is 0 Å². The molecule has 0 aliphatic carbocycles. The van der Waals surface area contributed by atoms with Gasteiger partial charge in [0.25, 0.3) is 0 Å². The number of hydrogen-bond donors (Lipinski definition) is 1. The fraction of sp³-hybridized carbons (Fsp3) is 0.833. The van der Waals surface area contributed by atoms with Crippen LogP contribution in [0.25, 0.3) is 0 Å². The average Bonchev–Trinajstić information content (AvgIpc) is 2.73. The van der Waals surface area contributed by atoms with E-state index in [0.29, 0.717) is 38.9 Å². The molecule has 1 saturated heterocycles. The van der Waals surface area contributed by atoms with Gasteiger partial charge in [-0.15, -0.1) is 0 Å². The number of likely N-dealkylation sites (tertiary alicyclic amines) is 1. The second-order valence-electron chi connectivity index (χ2n) is 4.64. The smallest absolute Gasteiger partial charge is 0.223 e. The minimum atomic E-state index is -0.909.